The molecule has 1 aliphatic heterocycles. The number of hydrogen-bond donors (Lipinski definition) is 1. The van der Waals surface area contributed by atoms with Crippen LogP contribution in [0.25, 0.3) is 0 Å². The molecule has 1 aliphatic rings. The van der Waals surface area contributed by atoms with Gasteiger partial charge in [-0.15, -0.1) is 0 Å². The fraction of sp³-hybridized carbons (Fsp3) is 0.667. The molecule has 0 atom stereocenters. The largest absolute Gasteiger partial charge is 0.233 e. The third-order valence-corrected chi connectivity index (χ3v) is 0.717. The van der Waals surface area contributed by atoms with Crippen molar-refractivity contribution in [1.82, 2.24) is 5.12 Å². The van der Waals surface area contributed by atoms with Crippen LogP contribution in [0.1, 0.15) is 6.42 Å². The Morgan fingerprint density at radius 1 is 1.83 bits per heavy atom. The van der Waals surface area contributed by atoms with Crippen LogP contribution < -0.4 is 5.84 Å². The Morgan fingerprint density at radius 2 is 2.67 bits per heavy atom. The van der Waals surface area contributed by atoms with E-state index in [0.29, 0.717) is 0 Å². The maximum atomic E-state index is 5.17. The molecule has 0 fully saturated rings. The zero-order chi connectivity index (χ0) is 4.41. The Labute approximate surface area is 36.4 Å². The second-order valence-corrected chi connectivity index (χ2v) is 1.25. The van der Waals surface area contributed by atoms with Gasteiger partial charge in [-0.2, -0.15) is 5.10 Å². The first-order valence-electron chi connectivity index (χ1n) is 1.94. The molecule has 0 aromatic heterocycles. The van der Waals surface area contributed by atoms with Crippen molar-refractivity contribution in [1.29, 1.82) is 0 Å². The Kier molecular flexibility index (Phi) is 0.759. The summed E-state index contributed by atoms with van der Waals surface area (Å²) in [7, 11) is 0. The molecule has 0 unspecified atom stereocenters. The van der Waals surface area contributed by atoms with Gasteiger partial charge in [0.2, 0.25) is 0 Å². The third-order valence-electron chi connectivity index (χ3n) is 0.717. The van der Waals surface area contributed by atoms with E-state index < -0.39 is 0 Å². The average Bonchev–Trinajstić information content (AvgIpc) is 1.86. The molecule has 0 bridgehead atoms. The van der Waals surface area contributed by atoms with Crippen LogP contribution in [0.3, 0.4) is 0 Å². The molecule has 0 spiro atoms. The quantitative estimate of drug-likeness (QED) is 0.405. The van der Waals surface area contributed by atoms with Crippen molar-refractivity contribution in [2.45, 2.75) is 6.42 Å². The van der Waals surface area contributed by atoms with Gasteiger partial charge < -0.3 is 0 Å². The first-order chi connectivity index (χ1) is 2.89. The van der Waals surface area contributed by atoms with E-state index in [1.54, 1.807) is 6.21 Å². The minimum atomic E-state index is 0.875. The van der Waals surface area contributed by atoms with Crippen molar-refractivity contribution in [3.05, 3.63) is 0 Å². The first-order valence-corrected chi connectivity index (χ1v) is 1.94. The highest BCUT2D eigenvalue weighted by Crippen LogP contribution is 1.88. The van der Waals surface area contributed by atoms with Crippen LogP contribution in [-0.4, -0.2) is 17.9 Å². The number of hydrogen-bond acceptors (Lipinski definition) is 3. The van der Waals surface area contributed by atoms with Gasteiger partial charge in [0.15, 0.2) is 0 Å². The monoisotopic (exact) mass is 85.1 g/mol. The van der Waals surface area contributed by atoms with Gasteiger partial charge in [-0.3, -0.25) is 0 Å². The zero-order valence-electron chi connectivity index (χ0n) is 3.46. The highest BCUT2D eigenvalue weighted by Gasteiger charge is 1.95. The average molecular weight is 85.1 g/mol. The van der Waals surface area contributed by atoms with Gasteiger partial charge in [0.25, 0.3) is 0 Å². The molecule has 2 N–H and O–H groups in total. The highest BCUT2D eigenvalue weighted by molar-refractivity contribution is 5.58. The summed E-state index contributed by atoms with van der Waals surface area (Å²) in [4.78, 5) is 0. The molecule has 6 heavy (non-hydrogen) atoms. The van der Waals surface area contributed by atoms with E-state index in [1.807, 2.05) is 0 Å². The van der Waals surface area contributed by atoms with E-state index in [0.717, 1.165) is 13.0 Å². The Balaban J connectivity index is 2.38. The molecule has 1 heterocycles. The van der Waals surface area contributed by atoms with Gasteiger partial charge in [-0.05, 0) is 0 Å². The Bertz CT molecular complexity index is 68.4. The minimum absolute atomic E-state index is 0.875. The van der Waals surface area contributed by atoms with Gasteiger partial charge in [-0.1, -0.05) is 0 Å². The van der Waals surface area contributed by atoms with E-state index >= 15 is 0 Å². The Morgan fingerprint density at radius 3 is 2.83 bits per heavy atom. The van der Waals surface area contributed by atoms with E-state index in [2.05, 4.69) is 5.10 Å². The van der Waals surface area contributed by atoms with Crippen molar-refractivity contribution in [3.63, 3.8) is 0 Å². The lowest BCUT2D eigenvalue weighted by Gasteiger charge is -1.99. The van der Waals surface area contributed by atoms with Crippen LogP contribution in [-0.2, 0) is 0 Å². The van der Waals surface area contributed by atoms with Crippen LogP contribution in [0.2, 0.25) is 0 Å². The molecule has 0 amide bonds. The van der Waals surface area contributed by atoms with Crippen LogP contribution in [0.4, 0.5) is 0 Å². The molecular formula is C3H7N3. The summed E-state index contributed by atoms with van der Waals surface area (Å²) in [6, 6.07) is 0. The summed E-state index contributed by atoms with van der Waals surface area (Å²) in [6.07, 6.45) is 2.80. The molecule has 0 saturated heterocycles. The normalized spacial score (nSPS) is 19.8. The molecule has 0 aromatic carbocycles. The van der Waals surface area contributed by atoms with Gasteiger partial charge in [0, 0.05) is 12.6 Å². The predicted molar refractivity (Wildman–Crippen MR) is 24.0 cm³/mol. The fourth-order valence-electron chi connectivity index (χ4n) is 0.410. The summed E-state index contributed by atoms with van der Waals surface area (Å²) in [6.45, 7) is 0.875. The summed E-state index contributed by atoms with van der Waals surface area (Å²) >= 11 is 0. The number of nitrogens with zero attached hydrogens (tertiary/aromatic N) is 2. The number of hydrazine groups is 1. The van der Waals surface area contributed by atoms with Crippen LogP contribution in [0.5, 0.6) is 0 Å². The van der Waals surface area contributed by atoms with Gasteiger partial charge in [-0.25, -0.2) is 11.0 Å². The van der Waals surface area contributed by atoms with Gasteiger partial charge in [0.1, 0.15) is 0 Å². The molecule has 1 rings (SSSR count). The zero-order valence-corrected chi connectivity index (χ0v) is 3.46. The Hall–Kier alpha value is -0.570. The van der Waals surface area contributed by atoms with E-state index in [1.165, 1.54) is 5.12 Å². The van der Waals surface area contributed by atoms with E-state index in [9.17, 15) is 0 Å². The maximum Gasteiger partial charge on any atom is 0.0580 e. The third kappa shape index (κ3) is 0.490. The second kappa shape index (κ2) is 1.26. The van der Waals surface area contributed by atoms with Crippen molar-refractivity contribution >= 4 is 6.21 Å². The van der Waals surface area contributed by atoms with E-state index in [4.69, 9.17) is 5.84 Å². The molecule has 0 radical (unpaired) electrons. The predicted octanol–water partition coefficient (Wildman–Crippen LogP) is -0.448. The smallest absolute Gasteiger partial charge is 0.0580 e. The van der Waals surface area contributed by atoms with Crippen LogP contribution in [0.15, 0.2) is 5.10 Å². The minimum Gasteiger partial charge on any atom is -0.233 e. The van der Waals surface area contributed by atoms with E-state index in [-0.39, 0.29) is 0 Å². The summed E-state index contributed by atoms with van der Waals surface area (Å²) in [5.74, 6) is 5.17. The van der Waals surface area contributed by atoms with Gasteiger partial charge in [0.05, 0.1) is 6.54 Å². The molecule has 34 valence electrons. The summed E-state index contributed by atoms with van der Waals surface area (Å²) < 4.78 is 0. The maximum absolute atomic E-state index is 5.17. The fourth-order valence-corrected chi connectivity index (χ4v) is 0.410. The number of hydrazone groups is 1. The molecule has 0 saturated carbocycles. The van der Waals surface area contributed by atoms with Crippen molar-refractivity contribution < 1.29 is 0 Å². The first kappa shape index (κ1) is 3.61. The van der Waals surface area contributed by atoms with Crippen molar-refractivity contribution in [2.24, 2.45) is 10.9 Å². The SMILES string of the molecule is NN1CCC=N1. The highest BCUT2D eigenvalue weighted by atomic mass is 15.6. The number of nitrogens with two attached hydrogens (primary N) is 1. The summed E-state index contributed by atoms with van der Waals surface area (Å²) in [5, 5.41) is 5.15. The van der Waals surface area contributed by atoms with Crippen LogP contribution in [0, 0.1) is 0 Å². The van der Waals surface area contributed by atoms with Crippen LogP contribution >= 0.6 is 0 Å². The molecule has 3 nitrogen and oxygen atoms in total. The van der Waals surface area contributed by atoms with Crippen molar-refractivity contribution in [3.8, 4) is 0 Å². The molecule has 3 heteroatoms. The topological polar surface area (TPSA) is 41.6 Å². The molecule has 0 aromatic rings. The lowest BCUT2D eigenvalue weighted by molar-refractivity contribution is 0.332. The summed E-state index contributed by atoms with van der Waals surface area (Å²) in [5.41, 5.74) is 0. The lowest BCUT2D eigenvalue weighted by atomic mass is 10.5. The second-order valence-electron chi connectivity index (χ2n) is 1.25. The number of rotatable bonds is 0. The molecule has 0 aliphatic carbocycles. The van der Waals surface area contributed by atoms with Crippen molar-refractivity contribution in [2.75, 3.05) is 6.54 Å². The molecular weight excluding hydrogens is 78.1 g/mol. The standard InChI is InChI=1S/C3H7N3/c4-6-3-1-2-5-6/h2H,1,3-4H2. The van der Waals surface area contributed by atoms with Gasteiger partial charge >= 0.3 is 0 Å². The lowest BCUT2D eigenvalue weighted by Crippen LogP contribution is -2.21.